The van der Waals surface area contributed by atoms with Crippen LogP contribution in [0.1, 0.15) is 53.3 Å². The van der Waals surface area contributed by atoms with Crippen LogP contribution in [-0.4, -0.2) is 44.4 Å². The fraction of sp³-hybridized carbons (Fsp3) is 0.394. The molecule has 6 heteroatoms. The quantitative estimate of drug-likeness (QED) is 0.417. The molecule has 2 N–H and O–H groups in total. The van der Waals surface area contributed by atoms with Crippen molar-refractivity contribution in [1.29, 1.82) is 0 Å². The maximum absolute atomic E-state index is 13.1. The molecule has 2 bridgehead atoms. The highest BCUT2D eigenvalue weighted by atomic mass is 35.5. The van der Waals surface area contributed by atoms with Crippen LogP contribution in [0.25, 0.3) is 10.9 Å². The van der Waals surface area contributed by atoms with E-state index < -0.39 is 11.0 Å². The Morgan fingerprint density at radius 3 is 2.59 bits per heavy atom. The third-order valence-corrected chi connectivity index (χ3v) is 10.5. The summed E-state index contributed by atoms with van der Waals surface area (Å²) in [5.74, 6) is 1.57. The lowest BCUT2D eigenvalue weighted by atomic mass is 9.49. The van der Waals surface area contributed by atoms with Crippen molar-refractivity contribution in [2.45, 2.75) is 61.8 Å². The molecule has 0 amide bonds. The van der Waals surface area contributed by atoms with Gasteiger partial charge in [0.05, 0.1) is 16.7 Å². The number of halogens is 1. The monoisotopic (exact) mass is 539 g/mol. The molecule has 1 saturated heterocycles. The summed E-state index contributed by atoms with van der Waals surface area (Å²) in [7, 11) is 0. The Morgan fingerprint density at radius 1 is 0.974 bits per heavy atom. The molecule has 4 unspecified atom stereocenters. The number of hydrogen-bond acceptors (Lipinski definition) is 4. The molecule has 3 heterocycles. The summed E-state index contributed by atoms with van der Waals surface area (Å²) >= 11 is 0. The zero-order valence-corrected chi connectivity index (χ0v) is 22.6. The smallest absolute Gasteiger partial charge is 0.166 e. The number of ether oxygens (including phenoxy) is 1. The van der Waals surface area contributed by atoms with Gasteiger partial charge in [0.15, 0.2) is 17.6 Å². The highest BCUT2D eigenvalue weighted by molar-refractivity contribution is 5.87. The largest absolute Gasteiger partial charge is 1.00 e. The molecule has 9 rings (SSSR count). The van der Waals surface area contributed by atoms with Crippen LogP contribution < -0.4 is 17.1 Å². The van der Waals surface area contributed by atoms with Gasteiger partial charge in [0, 0.05) is 42.0 Å². The number of hydrogen-bond donors (Lipinski definition) is 2. The minimum Gasteiger partial charge on any atom is -1.00 e. The fourth-order valence-electron chi connectivity index (χ4n) is 8.74. The predicted octanol–water partition coefficient (Wildman–Crippen LogP) is 2.10. The first-order chi connectivity index (χ1) is 18.6. The van der Waals surface area contributed by atoms with E-state index >= 15 is 0 Å². The Kier molecular flexibility index (Phi) is 4.91. The molecule has 3 aromatic carbocycles. The molecule has 200 valence electrons. The molecule has 5 nitrogen and oxygen atoms in total. The van der Waals surface area contributed by atoms with E-state index in [-0.39, 0.29) is 30.3 Å². The molecule has 1 spiro atoms. The topological polar surface area (TPSA) is 57.9 Å². The molecule has 4 aromatic rings. The fourth-order valence-corrected chi connectivity index (χ4v) is 8.74. The van der Waals surface area contributed by atoms with Crippen LogP contribution in [0.5, 0.6) is 11.5 Å². The lowest BCUT2D eigenvalue weighted by molar-refractivity contribution is -0.173. The van der Waals surface area contributed by atoms with Crippen molar-refractivity contribution in [2.24, 2.45) is 5.92 Å². The summed E-state index contributed by atoms with van der Waals surface area (Å²) in [5.41, 5.74) is 5.63. The van der Waals surface area contributed by atoms with Gasteiger partial charge < -0.3 is 31.9 Å². The van der Waals surface area contributed by atoms with Crippen LogP contribution in [0.15, 0.2) is 66.7 Å². The zero-order chi connectivity index (χ0) is 25.2. The highest BCUT2D eigenvalue weighted by Gasteiger charge is 2.73. The molecular weight excluding hydrogens is 508 g/mol. The van der Waals surface area contributed by atoms with E-state index in [4.69, 9.17) is 4.74 Å². The number of likely N-dealkylation sites (tertiary alicyclic amines) is 1. The number of fused-ring (bicyclic) bond motifs is 4. The average molecular weight is 540 g/mol. The van der Waals surface area contributed by atoms with Crippen LogP contribution >= 0.6 is 0 Å². The summed E-state index contributed by atoms with van der Waals surface area (Å²) in [4.78, 5) is 2.60. The van der Waals surface area contributed by atoms with Crippen LogP contribution in [0.4, 0.5) is 0 Å². The average Bonchev–Trinajstić information content (AvgIpc) is 3.61. The van der Waals surface area contributed by atoms with E-state index in [9.17, 15) is 10.2 Å². The van der Waals surface area contributed by atoms with Crippen molar-refractivity contribution < 1.29 is 27.4 Å². The Balaban J connectivity index is 0.00000235. The van der Waals surface area contributed by atoms with Gasteiger partial charge in [-0.05, 0) is 67.0 Å². The van der Waals surface area contributed by atoms with Crippen molar-refractivity contribution in [3.05, 3.63) is 94.7 Å². The summed E-state index contributed by atoms with van der Waals surface area (Å²) < 4.78 is 9.32. The van der Waals surface area contributed by atoms with Crippen LogP contribution in [0.2, 0.25) is 0 Å². The molecule has 1 aromatic heterocycles. The van der Waals surface area contributed by atoms with Gasteiger partial charge in [0.1, 0.15) is 0 Å². The molecular formula is C33H32ClN2O3-. The highest BCUT2D eigenvalue weighted by Crippen LogP contribution is 2.69. The Bertz CT molecular complexity index is 1630. The molecule has 4 atom stereocenters. The molecule has 0 radical (unpaired) electrons. The maximum atomic E-state index is 13.1. The Hall–Kier alpha value is -2.99. The van der Waals surface area contributed by atoms with E-state index in [0.717, 1.165) is 44.0 Å². The number of nitrogens with zero attached hydrogens (tertiary/aromatic N) is 2. The summed E-state index contributed by atoms with van der Waals surface area (Å²) in [6.07, 6.45) is 4.55. The number of piperidine rings is 1. The van der Waals surface area contributed by atoms with E-state index in [1.165, 1.54) is 46.1 Å². The Morgan fingerprint density at radius 2 is 1.77 bits per heavy atom. The van der Waals surface area contributed by atoms with E-state index in [1.807, 2.05) is 0 Å². The number of para-hydroxylation sites is 1. The standard InChI is InChI=1S/C33H32N2O3.ClH/c36-26-13-12-22-16-27-33(37)17-24-23-8-4-5-9-25(23)35(19-20-6-2-1-3-7-20)29(24)31-32(33,28(22)30(26)38-31)14-15-34(27)18-21-10-11-21;/h1-9,12-13,21,27,31,36-37H,10-11,14-19H2;1H/p-1. The van der Waals surface area contributed by atoms with Crippen molar-refractivity contribution in [2.75, 3.05) is 13.1 Å². The summed E-state index contributed by atoms with van der Waals surface area (Å²) in [5, 5.41) is 25.3. The Labute approximate surface area is 234 Å². The lowest BCUT2D eigenvalue weighted by Crippen LogP contribution is -3.00. The predicted molar refractivity (Wildman–Crippen MR) is 146 cm³/mol. The van der Waals surface area contributed by atoms with Crippen LogP contribution in [-0.2, 0) is 24.8 Å². The number of phenols is 1. The molecule has 2 aliphatic heterocycles. The minimum absolute atomic E-state index is 0. The van der Waals surface area contributed by atoms with Crippen molar-refractivity contribution in [1.82, 2.24) is 9.47 Å². The second-order valence-electron chi connectivity index (χ2n) is 12.4. The third-order valence-electron chi connectivity index (χ3n) is 10.5. The maximum Gasteiger partial charge on any atom is 0.166 e. The first kappa shape index (κ1) is 23.9. The second-order valence-corrected chi connectivity index (χ2v) is 12.4. The minimum atomic E-state index is -0.953. The van der Waals surface area contributed by atoms with Gasteiger partial charge in [0.2, 0.25) is 0 Å². The van der Waals surface area contributed by atoms with Crippen LogP contribution in [0, 0.1) is 5.92 Å². The van der Waals surface area contributed by atoms with E-state index in [1.54, 1.807) is 6.07 Å². The third kappa shape index (κ3) is 2.93. The SMILES string of the molecule is Oc1ccc2c3c1OC1c4c(c5ccccc5n4Cc4ccccc4)CC4(O)C(C2)N(CC2CC2)CCC314.[Cl-]. The number of aromatic nitrogens is 1. The van der Waals surface area contributed by atoms with Gasteiger partial charge in [-0.2, -0.15) is 0 Å². The van der Waals surface area contributed by atoms with Gasteiger partial charge in [0.25, 0.3) is 0 Å². The first-order valence-corrected chi connectivity index (χ1v) is 14.2. The summed E-state index contributed by atoms with van der Waals surface area (Å²) in [6.45, 7) is 2.79. The van der Waals surface area contributed by atoms with E-state index in [2.05, 4.69) is 70.1 Å². The number of aliphatic hydroxyl groups is 1. The first-order valence-electron chi connectivity index (χ1n) is 14.2. The number of phenolic OH excluding ortho intramolecular Hbond substituents is 1. The molecule has 5 aliphatic rings. The number of rotatable bonds is 4. The normalized spacial score (nSPS) is 29.9. The van der Waals surface area contributed by atoms with Gasteiger partial charge in [-0.25, -0.2) is 0 Å². The van der Waals surface area contributed by atoms with Gasteiger partial charge in [-0.1, -0.05) is 54.6 Å². The van der Waals surface area contributed by atoms with Crippen molar-refractivity contribution in [3.8, 4) is 11.5 Å². The van der Waals surface area contributed by atoms with Gasteiger partial charge >= 0.3 is 0 Å². The molecule has 3 aliphatic carbocycles. The lowest BCUT2D eigenvalue weighted by Gasteiger charge is -2.63. The number of aromatic hydroxyl groups is 1. The zero-order valence-electron chi connectivity index (χ0n) is 21.8. The van der Waals surface area contributed by atoms with E-state index in [0.29, 0.717) is 12.2 Å². The van der Waals surface area contributed by atoms with Crippen molar-refractivity contribution in [3.63, 3.8) is 0 Å². The number of benzene rings is 3. The molecule has 39 heavy (non-hydrogen) atoms. The van der Waals surface area contributed by atoms with Gasteiger partial charge in [-0.3, -0.25) is 4.90 Å². The van der Waals surface area contributed by atoms with Gasteiger partial charge in [-0.15, -0.1) is 0 Å². The molecule has 1 saturated carbocycles. The summed E-state index contributed by atoms with van der Waals surface area (Å²) in [6, 6.07) is 23.2. The second kappa shape index (κ2) is 8.03. The molecule has 2 fully saturated rings. The van der Waals surface area contributed by atoms with Crippen LogP contribution in [0.3, 0.4) is 0 Å². The van der Waals surface area contributed by atoms with Crippen molar-refractivity contribution >= 4 is 10.9 Å².